The summed E-state index contributed by atoms with van der Waals surface area (Å²) in [4.78, 5) is 0. The second kappa shape index (κ2) is 4.49. The van der Waals surface area contributed by atoms with E-state index in [-0.39, 0.29) is 10.8 Å². The van der Waals surface area contributed by atoms with Crippen molar-refractivity contribution in [2.75, 3.05) is 6.54 Å². The summed E-state index contributed by atoms with van der Waals surface area (Å²) in [6.45, 7) is 9.73. The molecule has 2 rings (SSSR count). The van der Waals surface area contributed by atoms with Gasteiger partial charge in [-0.05, 0) is 49.4 Å². The molecule has 3 N–H and O–H groups in total. The summed E-state index contributed by atoms with van der Waals surface area (Å²) in [5, 5.41) is 11.4. The summed E-state index contributed by atoms with van der Waals surface area (Å²) < 4.78 is 0. The maximum atomic E-state index is 11.4. The maximum Gasteiger partial charge on any atom is 0.0746 e. The molecule has 2 heteroatoms. The van der Waals surface area contributed by atoms with Crippen LogP contribution in [0.3, 0.4) is 0 Å². The van der Waals surface area contributed by atoms with Crippen LogP contribution in [0.25, 0.3) is 0 Å². The third-order valence-electron chi connectivity index (χ3n) is 6.02. The zero-order valence-corrected chi connectivity index (χ0v) is 12.6. The van der Waals surface area contributed by atoms with Crippen LogP contribution in [0.2, 0.25) is 0 Å². The molecule has 2 saturated carbocycles. The average Bonchev–Trinajstić information content (AvgIpc) is 2.80. The molecule has 0 heterocycles. The fraction of sp³-hybridized carbons (Fsp3) is 1.00. The van der Waals surface area contributed by atoms with Crippen LogP contribution in [-0.2, 0) is 0 Å². The molecule has 18 heavy (non-hydrogen) atoms. The monoisotopic (exact) mass is 253 g/mol. The first-order valence-corrected chi connectivity index (χ1v) is 7.71. The van der Waals surface area contributed by atoms with Gasteiger partial charge in [-0.25, -0.2) is 0 Å². The van der Waals surface area contributed by atoms with Crippen LogP contribution in [0.5, 0.6) is 0 Å². The van der Waals surface area contributed by atoms with Gasteiger partial charge in [-0.3, -0.25) is 0 Å². The Labute approximate surface area is 112 Å². The summed E-state index contributed by atoms with van der Waals surface area (Å²) in [5.74, 6) is 1.15. The minimum atomic E-state index is -0.533. The van der Waals surface area contributed by atoms with Crippen LogP contribution in [0.1, 0.15) is 66.2 Å². The molecule has 0 aliphatic heterocycles. The Morgan fingerprint density at radius 1 is 1.28 bits per heavy atom. The summed E-state index contributed by atoms with van der Waals surface area (Å²) in [6.07, 6.45) is 6.80. The van der Waals surface area contributed by atoms with E-state index in [1.165, 1.54) is 12.8 Å². The largest absolute Gasteiger partial charge is 0.389 e. The summed E-state index contributed by atoms with van der Waals surface area (Å²) >= 11 is 0. The van der Waals surface area contributed by atoms with Crippen molar-refractivity contribution in [3.05, 3.63) is 0 Å². The Morgan fingerprint density at radius 3 is 2.33 bits per heavy atom. The van der Waals surface area contributed by atoms with Crippen molar-refractivity contribution in [2.24, 2.45) is 28.4 Å². The molecular formula is C16H31NO. The van der Waals surface area contributed by atoms with E-state index in [2.05, 4.69) is 27.7 Å². The van der Waals surface area contributed by atoms with Crippen molar-refractivity contribution in [2.45, 2.75) is 71.8 Å². The molecule has 0 aromatic heterocycles. The number of hydrogen-bond donors (Lipinski definition) is 2. The summed E-state index contributed by atoms with van der Waals surface area (Å²) in [6, 6.07) is 0. The zero-order valence-electron chi connectivity index (χ0n) is 12.6. The molecule has 2 aliphatic carbocycles. The first kappa shape index (κ1) is 14.3. The van der Waals surface area contributed by atoms with Crippen LogP contribution >= 0.6 is 0 Å². The van der Waals surface area contributed by atoms with E-state index in [1.807, 2.05) is 0 Å². The van der Waals surface area contributed by atoms with Crippen molar-refractivity contribution >= 4 is 0 Å². The van der Waals surface area contributed by atoms with E-state index < -0.39 is 5.60 Å². The van der Waals surface area contributed by atoms with Gasteiger partial charge in [-0.1, -0.05) is 34.1 Å². The van der Waals surface area contributed by atoms with Crippen molar-refractivity contribution < 1.29 is 5.11 Å². The molecule has 0 amide bonds. The van der Waals surface area contributed by atoms with Crippen LogP contribution < -0.4 is 5.73 Å². The van der Waals surface area contributed by atoms with E-state index in [9.17, 15) is 5.11 Å². The van der Waals surface area contributed by atoms with Crippen LogP contribution in [0, 0.1) is 22.7 Å². The molecule has 0 bridgehead atoms. The third kappa shape index (κ3) is 2.02. The molecule has 4 atom stereocenters. The van der Waals surface area contributed by atoms with Gasteiger partial charge in [0.2, 0.25) is 0 Å². The van der Waals surface area contributed by atoms with Crippen LogP contribution in [0.4, 0.5) is 0 Å². The molecule has 0 radical (unpaired) electrons. The maximum absolute atomic E-state index is 11.4. The smallest absolute Gasteiger partial charge is 0.0746 e. The van der Waals surface area contributed by atoms with Gasteiger partial charge in [0.15, 0.2) is 0 Å². The summed E-state index contributed by atoms with van der Waals surface area (Å²) in [7, 11) is 0. The van der Waals surface area contributed by atoms with E-state index in [1.54, 1.807) is 0 Å². The topological polar surface area (TPSA) is 46.2 Å². The second-order valence-corrected chi connectivity index (χ2v) is 7.87. The van der Waals surface area contributed by atoms with Gasteiger partial charge < -0.3 is 10.8 Å². The minimum absolute atomic E-state index is 0.0130. The average molecular weight is 253 g/mol. The molecule has 2 aliphatic rings. The van der Waals surface area contributed by atoms with Crippen LogP contribution in [0.15, 0.2) is 0 Å². The van der Waals surface area contributed by atoms with Crippen molar-refractivity contribution in [3.8, 4) is 0 Å². The molecule has 4 unspecified atom stereocenters. The lowest BCUT2D eigenvalue weighted by Crippen LogP contribution is -2.53. The fourth-order valence-electron chi connectivity index (χ4n) is 5.02. The first-order valence-electron chi connectivity index (χ1n) is 7.71. The van der Waals surface area contributed by atoms with E-state index in [0.717, 1.165) is 31.6 Å². The lowest BCUT2D eigenvalue weighted by molar-refractivity contribution is -0.107. The van der Waals surface area contributed by atoms with Crippen molar-refractivity contribution in [3.63, 3.8) is 0 Å². The van der Waals surface area contributed by atoms with E-state index >= 15 is 0 Å². The zero-order chi connectivity index (χ0) is 13.6. The highest BCUT2D eigenvalue weighted by Gasteiger charge is 2.60. The quantitative estimate of drug-likeness (QED) is 0.810. The predicted octanol–water partition coefficient (Wildman–Crippen LogP) is 3.33. The van der Waals surface area contributed by atoms with Crippen molar-refractivity contribution in [1.82, 2.24) is 0 Å². The van der Waals surface area contributed by atoms with Gasteiger partial charge in [0.25, 0.3) is 0 Å². The SMILES string of the molecule is CCC1CCC(CN)(C2(O)CC(C)(C)CC2C)C1. The molecule has 2 fully saturated rings. The highest BCUT2D eigenvalue weighted by atomic mass is 16.3. The van der Waals surface area contributed by atoms with Gasteiger partial charge in [0, 0.05) is 12.0 Å². The van der Waals surface area contributed by atoms with Crippen molar-refractivity contribution in [1.29, 1.82) is 0 Å². The summed E-state index contributed by atoms with van der Waals surface area (Å²) in [5.41, 5.74) is 5.86. The lowest BCUT2D eigenvalue weighted by atomic mass is 9.65. The molecule has 0 saturated heterocycles. The number of rotatable bonds is 3. The Hall–Kier alpha value is -0.0800. The molecule has 0 aromatic carbocycles. The van der Waals surface area contributed by atoms with Gasteiger partial charge >= 0.3 is 0 Å². The first-order chi connectivity index (χ1) is 8.28. The molecule has 2 nitrogen and oxygen atoms in total. The van der Waals surface area contributed by atoms with Gasteiger partial charge in [-0.2, -0.15) is 0 Å². The molecule has 0 aromatic rings. The number of hydrogen-bond acceptors (Lipinski definition) is 2. The Kier molecular flexibility index (Phi) is 3.57. The van der Waals surface area contributed by atoms with E-state index in [0.29, 0.717) is 12.5 Å². The minimum Gasteiger partial charge on any atom is -0.389 e. The Morgan fingerprint density at radius 2 is 1.94 bits per heavy atom. The Bertz CT molecular complexity index is 314. The highest BCUT2D eigenvalue weighted by Crippen LogP contribution is 2.60. The van der Waals surface area contributed by atoms with Gasteiger partial charge in [0.05, 0.1) is 5.60 Å². The molecule has 106 valence electrons. The predicted molar refractivity (Wildman–Crippen MR) is 76.2 cm³/mol. The lowest BCUT2D eigenvalue weighted by Gasteiger charge is -2.46. The van der Waals surface area contributed by atoms with Gasteiger partial charge in [0.1, 0.15) is 0 Å². The van der Waals surface area contributed by atoms with E-state index in [4.69, 9.17) is 5.73 Å². The molecule has 0 spiro atoms. The standard InChI is InChI=1S/C16H31NO/c1-5-13-6-7-15(9-13,11-17)16(18)10-14(3,4)8-12(16)2/h12-13,18H,5-11,17H2,1-4H3. The van der Waals surface area contributed by atoms with Crippen LogP contribution in [-0.4, -0.2) is 17.3 Å². The fourth-order valence-corrected chi connectivity index (χ4v) is 5.02. The van der Waals surface area contributed by atoms with Gasteiger partial charge in [-0.15, -0.1) is 0 Å². The number of nitrogens with two attached hydrogens (primary N) is 1. The Balaban J connectivity index is 2.28. The highest BCUT2D eigenvalue weighted by molar-refractivity contribution is 5.11. The number of aliphatic hydroxyl groups is 1. The third-order valence-corrected chi connectivity index (χ3v) is 6.02. The second-order valence-electron chi connectivity index (χ2n) is 7.87. The normalized spacial score (nSPS) is 47.7. The molecular weight excluding hydrogens is 222 g/mol.